The number of nitrogens with one attached hydrogen (secondary N) is 2. The summed E-state index contributed by atoms with van der Waals surface area (Å²) in [5, 5.41) is 21.8. The van der Waals surface area contributed by atoms with Gasteiger partial charge in [0.1, 0.15) is 0 Å². The van der Waals surface area contributed by atoms with E-state index in [-0.39, 0.29) is 13.1 Å². The first kappa shape index (κ1) is 22.6. The van der Waals surface area contributed by atoms with Gasteiger partial charge in [-0.1, -0.05) is 36.0 Å². The number of fused-ring (bicyclic) bond motifs is 1. The topological polar surface area (TPSA) is 137 Å². The number of thioether (sulfide) groups is 1. The van der Waals surface area contributed by atoms with E-state index in [4.69, 9.17) is 5.21 Å². The second kappa shape index (κ2) is 9.51. The molecular formula is C22H23N5O5S. The summed E-state index contributed by atoms with van der Waals surface area (Å²) < 4.78 is 2.12. The maximum atomic E-state index is 12.7. The van der Waals surface area contributed by atoms with Gasteiger partial charge < -0.3 is 19.9 Å². The van der Waals surface area contributed by atoms with Gasteiger partial charge in [-0.2, -0.15) is 0 Å². The Morgan fingerprint density at radius 1 is 1.12 bits per heavy atom. The van der Waals surface area contributed by atoms with E-state index < -0.39 is 29.9 Å². The molecule has 2 atom stereocenters. The molecule has 172 valence electrons. The van der Waals surface area contributed by atoms with Crippen LogP contribution in [0.3, 0.4) is 0 Å². The molecule has 1 aliphatic heterocycles. The predicted molar refractivity (Wildman–Crippen MR) is 121 cm³/mol. The molecule has 0 aliphatic carbocycles. The van der Waals surface area contributed by atoms with E-state index >= 15 is 0 Å². The van der Waals surface area contributed by atoms with Gasteiger partial charge in [-0.25, -0.2) is 15.3 Å². The van der Waals surface area contributed by atoms with Crippen molar-refractivity contribution in [2.75, 3.05) is 19.3 Å². The predicted octanol–water partition coefficient (Wildman–Crippen LogP) is 2.02. The Balaban J connectivity index is 1.48. The monoisotopic (exact) mass is 469 g/mol. The molecule has 2 heterocycles. The van der Waals surface area contributed by atoms with Crippen molar-refractivity contribution in [2.24, 2.45) is 5.92 Å². The average molecular weight is 470 g/mol. The second-order valence-corrected chi connectivity index (χ2v) is 8.49. The van der Waals surface area contributed by atoms with Gasteiger partial charge in [0.2, 0.25) is 5.91 Å². The molecule has 1 aliphatic rings. The third-order valence-electron chi connectivity index (χ3n) is 5.71. The molecule has 1 saturated heterocycles. The number of rotatable bonds is 6. The number of aromatic nitrogens is 2. The van der Waals surface area contributed by atoms with Crippen LogP contribution in [0, 0.1) is 5.92 Å². The van der Waals surface area contributed by atoms with E-state index in [0.29, 0.717) is 12.1 Å². The summed E-state index contributed by atoms with van der Waals surface area (Å²) in [5.41, 5.74) is 4.86. The summed E-state index contributed by atoms with van der Waals surface area (Å²) >= 11 is 1.56. The van der Waals surface area contributed by atoms with Gasteiger partial charge in [-0.05, 0) is 36.1 Å². The van der Waals surface area contributed by atoms with Gasteiger partial charge in [-0.15, -0.1) is 0 Å². The number of imidazole rings is 1. The molecule has 2 aromatic carbocycles. The fraction of sp³-hybridized carbons (Fsp3) is 0.273. The van der Waals surface area contributed by atoms with Crippen LogP contribution in [0.25, 0.3) is 11.0 Å². The van der Waals surface area contributed by atoms with Crippen molar-refractivity contribution in [3.8, 4) is 0 Å². The summed E-state index contributed by atoms with van der Waals surface area (Å²) in [7, 11) is 0. The number of carbonyl (C=O) groups is 3. The van der Waals surface area contributed by atoms with E-state index in [1.165, 1.54) is 0 Å². The van der Waals surface area contributed by atoms with Gasteiger partial charge in [0.05, 0.1) is 29.5 Å². The molecule has 0 unspecified atom stereocenters. The second-order valence-electron chi connectivity index (χ2n) is 7.72. The van der Waals surface area contributed by atoms with Crippen LogP contribution in [0.15, 0.2) is 53.7 Å². The van der Waals surface area contributed by atoms with Crippen molar-refractivity contribution in [2.45, 2.75) is 17.7 Å². The van der Waals surface area contributed by atoms with E-state index in [0.717, 1.165) is 26.7 Å². The first-order valence-corrected chi connectivity index (χ1v) is 11.4. The van der Waals surface area contributed by atoms with Crippen LogP contribution in [-0.4, -0.2) is 68.1 Å². The maximum Gasteiger partial charge on any atom is 0.407 e. The third-order valence-corrected chi connectivity index (χ3v) is 6.39. The molecular weight excluding hydrogens is 446 g/mol. The number of hydrogen-bond donors (Lipinski definition) is 4. The van der Waals surface area contributed by atoms with Crippen LogP contribution in [0.5, 0.6) is 0 Å². The summed E-state index contributed by atoms with van der Waals surface area (Å²) in [5.74, 6) is -2.04. The highest BCUT2D eigenvalue weighted by atomic mass is 32.2. The lowest BCUT2D eigenvalue weighted by Crippen LogP contribution is -2.45. The number of carboxylic acid groups (broad SMARTS) is 1. The third kappa shape index (κ3) is 4.64. The number of carbonyl (C=O) groups excluding carboxylic acids is 2. The zero-order valence-electron chi connectivity index (χ0n) is 17.8. The molecule has 1 fully saturated rings. The number of nitrogens with zero attached hydrogens (tertiary/aromatic N) is 3. The fourth-order valence-corrected chi connectivity index (χ4v) is 4.59. The van der Waals surface area contributed by atoms with Crippen LogP contribution in [0.2, 0.25) is 0 Å². The fourth-order valence-electron chi connectivity index (χ4n) is 4.01. The van der Waals surface area contributed by atoms with Crippen molar-refractivity contribution in [1.82, 2.24) is 25.2 Å². The molecule has 33 heavy (non-hydrogen) atoms. The van der Waals surface area contributed by atoms with Crippen molar-refractivity contribution in [3.05, 3.63) is 59.7 Å². The van der Waals surface area contributed by atoms with Gasteiger partial charge in [0, 0.05) is 18.7 Å². The lowest BCUT2D eigenvalue weighted by atomic mass is 10.0. The Labute approximate surface area is 193 Å². The number of amides is 3. The summed E-state index contributed by atoms with van der Waals surface area (Å²) in [4.78, 5) is 41.6. The van der Waals surface area contributed by atoms with Crippen LogP contribution >= 0.6 is 11.8 Å². The number of hydrogen-bond acceptors (Lipinski definition) is 6. The van der Waals surface area contributed by atoms with Gasteiger partial charge >= 0.3 is 6.09 Å². The van der Waals surface area contributed by atoms with Crippen molar-refractivity contribution < 1.29 is 24.7 Å². The molecule has 0 bridgehead atoms. The normalized spacial score (nSPS) is 17.8. The molecule has 0 spiro atoms. The molecule has 10 nitrogen and oxygen atoms in total. The molecule has 3 amide bonds. The minimum Gasteiger partial charge on any atom is -0.465 e. The Bertz CT molecular complexity index is 1200. The Hall–Kier alpha value is -3.57. The highest BCUT2D eigenvalue weighted by Crippen LogP contribution is 2.24. The van der Waals surface area contributed by atoms with Gasteiger partial charge in [0.25, 0.3) is 5.91 Å². The standard InChI is InChI=1S/C22H23N5O5S/c1-33-21-24-16-4-2-3-5-18(16)27(21)10-13-6-8-14(9-7-13)19(28)23-17-12-26(22(30)31)11-15(17)20(29)25-32/h2-9,15,17,32H,10-12H2,1H3,(H,23,28)(H,25,29)(H,30,31)/t15-,17+/m0/s1. The van der Waals surface area contributed by atoms with Crippen molar-refractivity contribution in [1.29, 1.82) is 0 Å². The van der Waals surface area contributed by atoms with E-state index in [9.17, 15) is 19.5 Å². The molecule has 0 radical (unpaired) electrons. The molecule has 3 aromatic rings. The van der Waals surface area contributed by atoms with E-state index in [1.54, 1.807) is 29.4 Å². The lowest BCUT2D eigenvalue weighted by molar-refractivity contribution is -0.133. The van der Waals surface area contributed by atoms with E-state index in [1.807, 2.05) is 42.7 Å². The molecule has 4 N–H and O–H groups in total. The Kier molecular flexibility index (Phi) is 6.52. The highest BCUT2D eigenvalue weighted by molar-refractivity contribution is 7.98. The first-order chi connectivity index (χ1) is 15.9. The zero-order valence-corrected chi connectivity index (χ0v) is 18.6. The van der Waals surface area contributed by atoms with Gasteiger partial charge in [-0.3, -0.25) is 14.8 Å². The summed E-state index contributed by atoms with van der Waals surface area (Å²) in [6.45, 7) is 0.443. The van der Waals surface area contributed by atoms with E-state index in [2.05, 4.69) is 14.9 Å². The van der Waals surface area contributed by atoms with Crippen LogP contribution < -0.4 is 10.8 Å². The van der Waals surface area contributed by atoms with Crippen LogP contribution in [-0.2, 0) is 11.3 Å². The first-order valence-electron chi connectivity index (χ1n) is 10.2. The minimum absolute atomic E-state index is 0.0393. The summed E-state index contributed by atoms with van der Waals surface area (Å²) in [6, 6.07) is 14.2. The quantitative estimate of drug-likeness (QED) is 0.246. The maximum absolute atomic E-state index is 12.7. The SMILES string of the molecule is CSc1nc2ccccc2n1Cc1ccc(C(=O)N[C@@H]2CN(C(=O)O)C[C@@H]2C(=O)NO)cc1. The molecule has 1 aromatic heterocycles. The molecule has 0 saturated carbocycles. The minimum atomic E-state index is -1.19. The van der Waals surface area contributed by atoms with Crippen LogP contribution in [0.1, 0.15) is 15.9 Å². The molecule has 4 rings (SSSR count). The van der Waals surface area contributed by atoms with Crippen LogP contribution in [0.4, 0.5) is 4.79 Å². The number of benzene rings is 2. The summed E-state index contributed by atoms with van der Waals surface area (Å²) in [6.07, 6.45) is 0.785. The lowest BCUT2D eigenvalue weighted by Gasteiger charge is -2.18. The van der Waals surface area contributed by atoms with Gasteiger partial charge in [0.15, 0.2) is 5.16 Å². The largest absolute Gasteiger partial charge is 0.465 e. The van der Waals surface area contributed by atoms with Crippen molar-refractivity contribution in [3.63, 3.8) is 0 Å². The van der Waals surface area contributed by atoms with Crippen molar-refractivity contribution >= 4 is 40.7 Å². The number of likely N-dealkylation sites (tertiary alicyclic amines) is 1. The smallest absolute Gasteiger partial charge is 0.407 e. The zero-order chi connectivity index (χ0) is 23.5. The Morgan fingerprint density at radius 2 is 1.85 bits per heavy atom. The molecule has 11 heteroatoms. The Morgan fingerprint density at radius 3 is 2.52 bits per heavy atom. The highest BCUT2D eigenvalue weighted by Gasteiger charge is 2.40. The number of para-hydroxylation sites is 2. The number of hydroxylamine groups is 1. The average Bonchev–Trinajstić information content (AvgIpc) is 3.41.